The summed E-state index contributed by atoms with van der Waals surface area (Å²) in [7, 11) is 0. The van der Waals surface area contributed by atoms with Crippen LogP contribution < -0.4 is 0 Å². The normalized spacial score (nSPS) is 16.5. The Morgan fingerprint density at radius 2 is 1.85 bits per heavy atom. The summed E-state index contributed by atoms with van der Waals surface area (Å²) in [6, 6.07) is 3.73. The van der Waals surface area contributed by atoms with E-state index >= 15 is 0 Å². The van der Waals surface area contributed by atoms with Gasteiger partial charge < -0.3 is 5.11 Å². The summed E-state index contributed by atoms with van der Waals surface area (Å²) < 4.78 is 0. The molecular weight excluding hydrogens is 382 g/mol. The second kappa shape index (κ2) is 7.56. The van der Waals surface area contributed by atoms with E-state index in [2.05, 4.69) is 4.98 Å². The number of aryl methyl sites for hydroxylation is 1. The Labute approximate surface area is 166 Å². The molecule has 4 rings (SSSR count). The molecule has 1 N–H and O–H groups in total. The fraction of sp³-hybridized carbons (Fsp3) is 0.381. The number of Topliss-reactive ketones (excluding diaryl/α,β-unsaturated/α-hetero) is 1. The number of thiophene rings is 1. The summed E-state index contributed by atoms with van der Waals surface area (Å²) >= 11 is 7.69. The summed E-state index contributed by atoms with van der Waals surface area (Å²) in [6.45, 7) is 0. The Bertz CT molecular complexity index is 943. The molecule has 0 saturated heterocycles. The fourth-order valence-electron chi connectivity index (χ4n) is 4.11. The second-order valence-electron chi connectivity index (χ2n) is 7.09. The molecule has 0 aliphatic heterocycles. The molecule has 140 valence electrons. The second-order valence-corrected chi connectivity index (χ2v) is 8.71. The number of fused-ring (bicyclic) bond motifs is 1. The highest BCUT2D eigenvalue weighted by Crippen LogP contribution is 2.41. The minimum Gasteiger partial charge on any atom is -0.478 e. The lowest BCUT2D eigenvalue weighted by molar-refractivity contribution is -0.133. The Kier molecular flexibility index (Phi) is 5.15. The molecule has 2 aromatic rings. The SMILES string of the molecule is O=C(O)C1=C(C(=O)Cc2sc3c(c2-c2ccc(Cl)cn2)CCCC3)CCC1. The van der Waals surface area contributed by atoms with Crippen molar-refractivity contribution in [1.29, 1.82) is 0 Å². The van der Waals surface area contributed by atoms with E-state index in [0.717, 1.165) is 41.8 Å². The molecule has 2 aliphatic rings. The molecule has 4 nitrogen and oxygen atoms in total. The van der Waals surface area contributed by atoms with E-state index in [9.17, 15) is 14.7 Å². The van der Waals surface area contributed by atoms with Gasteiger partial charge in [0.15, 0.2) is 5.78 Å². The van der Waals surface area contributed by atoms with Crippen LogP contribution in [0.5, 0.6) is 0 Å². The topological polar surface area (TPSA) is 67.3 Å². The van der Waals surface area contributed by atoms with Crippen molar-refractivity contribution in [3.63, 3.8) is 0 Å². The molecule has 6 heteroatoms. The van der Waals surface area contributed by atoms with Crippen LogP contribution in [0, 0.1) is 0 Å². The zero-order chi connectivity index (χ0) is 19.0. The first-order valence-electron chi connectivity index (χ1n) is 9.28. The molecule has 2 aromatic heterocycles. The summed E-state index contributed by atoms with van der Waals surface area (Å²) in [5.41, 5.74) is 4.02. The molecule has 0 spiro atoms. The number of carboxylic acid groups (broad SMARTS) is 1. The van der Waals surface area contributed by atoms with Crippen LogP contribution in [0.15, 0.2) is 29.5 Å². The van der Waals surface area contributed by atoms with Crippen LogP contribution in [0.3, 0.4) is 0 Å². The standard InChI is InChI=1S/C21H20ClNO3S/c22-12-8-9-16(23-11-12)20-15-4-1-2-7-18(15)27-19(20)10-17(24)13-5-3-6-14(13)21(25)26/h8-9,11H,1-7,10H2,(H,25,26). The van der Waals surface area contributed by atoms with Gasteiger partial charge in [-0.05, 0) is 62.6 Å². The molecule has 0 bridgehead atoms. The third kappa shape index (κ3) is 3.58. The van der Waals surface area contributed by atoms with Gasteiger partial charge in [0.25, 0.3) is 0 Å². The maximum atomic E-state index is 12.9. The fourth-order valence-corrected chi connectivity index (χ4v) is 5.62. The van der Waals surface area contributed by atoms with E-state index < -0.39 is 5.97 Å². The highest BCUT2D eigenvalue weighted by atomic mass is 35.5. The number of rotatable bonds is 5. The van der Waals surface area contributed by atoms with Crippen LogP contribution >= 0.6 is 22.9 Å². The maximum Gasteiger partial charge on any atom is 0.331 e. The first-order valence-corrected chi connectivity index (χ1v) is 10.5. The molecule has 0 radical (unpaired) electrons. The van der Waals surface area contributed by atoms with Gasteiger partial charge in [0.1, 0.15) is 0 Å². The number of hydrogen-bond acceptors (Lipinski definition) is 4. The average molecular weight is 402 g/mol. The van der Waals surface area contributed by atoms with Gasteiger partial charge in [0.05, 0.1) is 10.7 Å². The lowest BCUT2D eigenvalue weighted by Crippen LogP contribution is -2.10. The van der Waals surface area contributed by atoms with Crippen LogP contribution in [0.2, 0.25) is 5.02 Å². The quantitative estimate of drug-likeness (QED) is 0.763. The van der Waals surface area contributed by atoms with Gasteiger partial charge in [0, 0.05) is 39.1 Å². The number of carbonyl (C=O) groups excluding carboxylic acids is 1. The van der Waals surface area contributed by atoms with E-state index in [4.69, 9.17) is 11.6 Å². The molecule has 0 unspecified atom stereocenters. The first kappa shape index (κ1) is 18.4. The number of allylic oxidation sites excluding steroid dienone is 1. The number of halogens is 1. The van der Waals surface area contributed by atoms with Crippen molar-refractivity contribution in [1.82, 2.24) is 4.98 Å². The first-order chi connectivity index (χ1) is 13.0. The number of nitrogens with zero attached hydrogens (tertiary/aromatic N) is 1. The number of hydrogen-bond donors (Lipinski definition) is 1. The van der Waals surface area contributed by atoms with Gasteiger partial charge in [-0.1, -0.05) is 11.6 Å². The summed E-state index contributed by atoms with van der Waals surface area (Å²) in [5.74, 6) is -1.01. The third-order valence-corrected chi connectivity index (χ3v) is 6.88. The summed E-state index contributed by atoms with van der Waals surface area (Å²) in [6.07, 6.45) is 8.05. The van der Waals surface area contributed by atoms with Crippen molar-refractivity contribution < 1.29 is 14.7 Å². The number of pyridine rings is 1. The van der Waals surface area contributed by atoms with Crippen LogP contribution in [0.4, 0.5) is 0 Å². The molecular formula is C21H20ClNO3S. The molecule has 0 amide bonds. The predicted octanol–water partition coefficient (Wildman–Crippen LogP) is 5.02. The minimum absolute atomic E-state index is 0.0567. The Morgan fingerprint density at radius 1 is 1.07 bits per heavy atom. The van der Waals surface area contributed by atoms with Crippen molar-refractivity contribution in [2.24, 2.45) is 0 Å². The van der Waals surface area contributed by atoms with Crippen molar-refractivity contribution in [2.75, 3.05) is 0 Å². The highest BCUT2D eigenvalue weighted by molar-refractivity contribution is 7.12. The van der Waals surface area contributed by atoms with Crippen molar-refractivity contribution in [3.8, 4) is 11.3 Å². The number of aliphatic carboxylic acids is 1. The molecule has 2 aliphatic carbocycles. The van der Waals surface area contributed by atoms with E-state index in [1.165, 1.54) is 16.9 Å². The van der Waals surface area contributed by atoms with E-state index in [0.29, 0.717) is 29.0 Å². The van der Waals surface area contributed by atoms with Crippen LogP contribution in [-0.4, -0.2) is 21.8 Å². The van der Waals surface area contributed by atoms with Gasteiger partial charge in [-0.25, -0.2) is 4.79 Å². The molecule has 0 atom stereocenters. The van der Waals surface area contributed by atoms with Gasteiger partial charge in [-0.2, -0.15) is 0 Å². The van der Waals surface area contributed by atoms with Gasteiger partial charge >= 0.3 is 5.97 Å². The summed E-state index contributed by atoms with van der Waals surface area (Å²) in [5, 5.41) is 9.95. The van der Waals surface area contributed by atoms with Crippen LogP contribution in [0.25, 0.3) is 11.3 Å². The smallest absolute Gasteiger partial charge is 0.331 e. The number of carbonyl (C=O) groups is 2. The average Bonchev–Trinajstić information content (AvgIpc) is 3.27. The van der Waals surface area contributed by atoms with E-state index in [1.54, 1.807) is 17.5 Å². The van der Waals surface area contributed by atoms with Gasteiger partial charge in [-0.3, -0.25) is 9.78 Å². The lowest BCUT2D eigenvalue weighted by atomic mass is 9.92. The lowest BCUT2D eigenvalue weighted by Gasteiger charge is -2.13. The monoisotopic (exact) mass is 401 g/mol. The Morgan fingerprint density at radius 3 is 2.59 bits per heavy atom. The maximum absolute atomic E-state index is 12.9. The number of aromatic nitrogens is 1. The van der Waals surface area contributed by atoms with E-state index in [-0.39, 0.29) is 12.2 Å². The molecule has 0 fully saturated rings. The molecule has 2 heterocycles. The Balaban J connectivity index is 1.73. The largest absolute Gasteiger partial charge is 0.478 e. The molecule has 0 saturated carbocycles. The summed E-state index contributed by atoms with van der Waals surface area (Å²) in [4.78, 5) is 31.2. The Hall–Kier alpha value is -1.98. The van der Waals surface area contributed by atoms with Gasteiger partial charge in [-0.15, -0.1) is 11.3 Å². The molecule has 27 heavy (non-hydrogen) atoms. The van der Waals surface area contributed by atoms with Crippen LogP contribution in [-0.2, 0) is 28.9 Å². The minimum atomic E-state index is -0.957. The van der Waals surface area contributed by atoms with Crippen molar-refractivity contribution >= 4 is 34.7 Å². The van der Waals surface area contributed by atoms with Crippen molar-refractivity contribution in [2.45, 2.75) is 51.4 Å². The van der Waals surface area contributed by atoms with Crippen LogP contribution in [0.1, 0.15) is 47.4 Å². The zero-order valence-corrected chi connectivity index (χ0v) is 16.5. The van der Waals surface area contributed by atoms with Gasteiger partial charge in [0.2, 0.25) is 0 Å². The molecule has 0 aromatic carbocycles. The van der Waals surface area contributed by atoms with E-state index in [1.807, 2.05) is 12.1 Å². The number of carboxylic acids is 1. The zero-order valence-electron chi connectivity index (χ0n) is 14.9. The van der Waals surface area contributed by atoms with Crippen molar-refractivity contribution in [3.05, 3.63) is 49.8 Å². The highest BCUT2D eigenvalue weighted by Gasteiger charge is 2.28. The number of ketones is 1. The third-order valence-electron chi connectivity index (χ3n) is 5.36. The predicted molar refractivity (Wildman–Crippen MR) is 106 cm³/mol.